The lowest BCUT2D eigenvalue weighted by molar-refractivity contribution is -0.147. The van der Waals surface area contributed by atoms with Crippen LogP contribution in [0.25, 0.3) is 0 Å². The molecule has 0 aromatic heterocycles. The molecule has 0 fully saturated rings. The van der Waals surface area contributed by atoms with Gasteiger partial charge >= 0.3 is 11.9 Å². The maximum absolute atomic E-state index is 11.8. The van der Waals surface area contributed by atoms with Crippen molar-refractivity contribution in [2.24, 2.45) is 5.73 Å². The summed E-state index contributed by atoms with van der Waals surface area (Å²) < 4.78 is 0. The number of amides is 5. The Hall–Kier alpha value is -3.79. The number of carboxylic acids is 2. The lowest BCUT2D eigenvalue weighted by atomic mass is 10.2. The summed E-state index contributed by atoms with van der Waals surface area (Å²) in [6.07, 6.45) is -0.854. The first-order chi connectivity index (χ1) is 14.9. The average molecular weight is 462 g/mol. The number of hydrogen-bond acceptors (Lipinski definition) is 9. The summed E-state index contributed by atoms with van der Waals surface area (Å²) in [5, 5.41) is 36.7. The Morgan fingerprint density at radius 3 is 1.75 bits per heavy atom. The lowest BCUT2D eigenvalue weighted by Gasteiger charge is -2.16. The predicted molar refractivity (Wildman–Crippen MR) is 104 cm³/mol. The van der Waals surface area contributed by atoms with Crippen LogP contribution in [-0.2, 0) is 33.6 Å². The fraction of sp³-hybridized carbons (Fsp3) is 0.562. The number of aliphatic hydroxyl groups excluding tert-OH is 1. The van der Waals surface area contributed by atoms with Crippen molar-refractivity contribution in [2.75, 3.05) is 26.2 Å². The van der Waals surface area contributed by atoms with E-state index < -0.39 is 92.3 Å². The largest absolute Gasteiger partial charge is 0.481 e. The maximum atomic E-state index is 11.8. The zero-order chi connectivity index (χ0) is 24.8. The molecular formula is C16H26N6O10. The number of rotatable bonds is 14. The number of carboxylic acid groups (broad SMARTS) is 2. The summed E-state index contributed by atoms with van der Waals surface area (Å²) in [6.45, 7) is -1.07. The van der Waals surface area contributed by atoms with Crippen LogP contribution in [0, 0.1) is 0 Å². The molecule has 0 aliphatic carbocycles. The van der Waals surface area contributed by atoms with Crippen molar-refractivity contribution < 1.29 is 48.9 Å². The Bertz CT molecular complexity index is 743. The van der Waals surface area contributed by atoms with Crippen molar-refractivity contribution in [3.8, 4) is 0 Å². The molecule has 0 bridgehead atoms. The number of aliphatic carboxylic acids is 2. The van der Waals surface area contributed by atoms with Gasteiger partial charge in [-0.05, 0) is 6.92 Å². The van der Waals surface area contributed by atoms with E-state index in [2.05, 4.69) is 21.3 Å². The third-order valence-electron chi connectivity index (χ3n) is 3.61. The van der Waals surface area contributed by atoms with Crippen LogP contribution in [0.1, 0.15) is 13.3 Å². The quantitative estimate of drug-likeness (QED) is 0.117. The van der Waals surface area contributed by atoms with Crippen molar-refractivity contribution in [2.45, 2.75) is 31.5 Å². The second kappa shape index (κ2) is 14.3. The van der Waals surface area contributed by atoms with Gasteiger partial charge in [-0.2, -0.15) is 0 Å². The normalized spacial score (nSPS) is 13.0. The van der Waals surface area contributed by atoms with Crippen molar-refractivity contribution >= 4 is 41.5 Å². The summed E-state index contributed by atoms with van der Waals surface area (Å²) in [7, 11) is 0. The van der Waals surface area contributed by atoms with Crippen molar-refractivity contribution in [1.82, 2.24) is 26.6 Å². The highest BCUT2D eigenvalue weighted by Gasteiger charge is 2.23. The van der Waals surface area contributed by atoms with Gasteiger partial charge in [-0.25, -0.2) is 4.79 Å². The minimum atomic E-state index is -1.67. The fourth-order valence-electron chi connectivity index (χ4n) is 1.89. The molecule has 0 saturated carbocycles. The van der Waals surface area contributed by atoms with Gasteiger partial charge in [0.25, 0.3) is 0 Å². The number of nitrogens with one attached hydrogen (secondary N) is 5. The van der Waals surface area contributed by atoms with E-state index in [-0.39, 0.29) is 0 Å². The highest BCUT2D eigenvalue weighted by Crippen LogP contribution is 1.92. The van der Waals surface area contributed by atoms with E-state index >= 15 is 0 Å². The van der Waals surface area contributed by atoms with Crippen LogP contribution in [0.4, 0.5) is 0 Å². The van der Waals surface area contributed by atoms with E-state index in [4.69, 9.17) is 21.1 Å². The summed E-state index contributed by atoms with van der Waals surface area (Å²) >= 11 is 0. The van der Waals surface area contributed by atoms with Crippen LogP contribution < -0.4 is 32.3 Å². The molecule has 3 atom stereocenters. The maximum Gasteiger partial charge on any atom is 0.326 e. The molecule has 10 N–H and O–H groups in total. The summed E-state index contributed by atoms with van der Waals surface area (Å²) in [5.74, 6) is -7.04. The van der Waals surface area contributed by atoms with Crippen molar-refractivity contribution in [3.05, 3.63) is 0 Å². The van der Waals surface area contributed by atoms with Gasteiger partial charge in [0.05, 0.1) is 32.7 Å². The van der Waals surface area contributed by atoms with Gasteiger partial charge in [-0.3, -0.25) is 28.8 Å². The van der Waals surface area contributed by atoms with Crippen LogP contribution in [0.2, 0.25) is 0 Å². The van der Waals surface area contributed by atoms with E-state index in [0.29, 0.717) is 0 Å². The molecule has 0 radical (unpaired) electrons. The minimum Gasteiger partial charge on any atom is -0.481 e. The molecular weight excluding hydrogens is 436 g/mol. The topological polar surface area (TPSA) is 266 Å². The van der Waals surface area contributed by atoms with Crippen LogP contribution in [0.15, 0.2) is 0 Å². The molecule has 0 aliphatic heterocycles. The number of hydrogen-bond donors (Lipinski definition) is 9. The molecule has 0 aliphatic rings. The number of carbonyl (C=O) groups excluding carboxylic acids is 5. The van der Waals surface area contributed by atoms with Crippen LogP contribution >= 0.6 is 0 Å². The van der Waals surface area contributed by atoms with Gasteiger partial charge < -0.3 is 47.6 Å². The highest BCUT2D eigenvalue weighted by molar-refractivity contribution is 5.93. The second-order valence-corrected chi connectivity index (χ2v) is 6.35. The van der Waals surface area contributed by atoms with E-state index in [1.165, 1.54) is 6.92 Å². The molecule has 5 amide bonds. The smallest absolute Gasteiger partial charge is 0.326 e. The third kappa shape index (κ3) is 12.0. The Morgan fingerprint density at radius 2 is 1.28 bits per heavy atom. The second-order valence-electron chi connectivity index (χ2n) is 6.35. The van der Waals surface area contributed by atoms with Gasteiger partial charge in [0.1, 0.15) is 18.1 Å². The van der Waals surface area contributed by atoms with Crippen molar-refractivity contribution in [1.29, 1.82) is 0 Å². The third-order valence-corrected chi connectivity index (χ3v) is 3.61. The molecule has 32 heavy (non-hydrogen) atoms. The molecule has 0 aromatic carbocycles. The monoisotopic (exact) mass is 462 g/mol. The number of nitrogens with two attached hydrogens (primary N) is 1. The predicted octanol–water partition coefficient (Wildman–Crippen LogP) is -5.80. The molecule has 0 spiro atoms. The highest BCUT2D eigenvalue weighted by atomic mass is 16.4. The molecule has 0 heterocycles. The standard InChI is InChI=1S/C16H26N6O10/c1-7(21-15(30)8(17)6-23)14(29)20-4-11(25)18-3-10(24)19-5-12(26)22-9(16(31)32)2-13(27)28/h7-9,23H,2-6,17H2,1H3,(H,18,25)(H,19,24)(H,20,29)(H,21,30)(H,22,26)(H,27,28)(H,31,32)/t7-,8-,9-/m0/s1. The van der Waals surface area contributed by atoms with Crippen LogP contribution in [0.5, 0.6) is 0 Å². The van der Waals surface area contributed by atoms with Gasteiger partial charge in [0.15, 0.2) is 0 Å². The molecule has 0 aromatic rings. The lowest BCUT2D eigenvalue weighted by Crippen LogP contribution is -2.52. The van der Waals surface area contributed by atoms with Gasteiger partial charge in [-0.15, -0.1) is 0 Å². The van der Waals surface area contributed by atoms with E-state index in [0.717, 1.165) is 0 Å². The molecule has 0 unspecified atom stereocenters. The first kappa shape index (κ1) is 28.2. The van der Waals surface area contributed by atoms with E-state index in [1.807, 2.05) is 5.32 Å². The molecule has 16 heteroatoms. The molecule has 180 valence electrons. The van der Waals surface area contributed by atoms with E-state index in [9.17, 15) is 33.6 Å². The first-order valence-corrected chi connectivity index (χ1v) is 9.09. The Balaban J connectivity index is 4.23. The Kier molecular flexibility index (Phi) is 12.6. The molecule has 0 saturated heterocycles. The summed E-state index contributed by atoms with van der Waals surface area (Å²) in [6, 6.07) is -3.93. The summed E-state index contributed by atoms with van der Waals surface area (Å²) in [4.78, 5) is 79.6. The average Bonchev–Trinajstić information content (AvgIpc) is 2.72. The SMILES string of the molecule is C[C@H](NC(=O)[C@@H](N)CO)C(=O)NCC(=O)NCC(=O)NCC(=O)N[C@@H](CC(=O)O)C(=O)O. The Morgan fingerprint density at radius 1 is 0.781 bits per heavy atom. The van der Waals surface area contributed by atoms with Gasteiger partial charge in [0, 0.05) is 0 Å². The van der Waals surface area contributed by atoms with Crippen LogP contribution in [0.3, 0.4) is 0 Å². The number of aliphatic hydroxyl groups is 1. The van der Waals surface area contributed by atoms with Crippen molar-refractivity contribution in [3.63, 3.8) is 0 Å². The molecule has 16 nitrogen and oxygen atoms in total. The first-order valence-electron chi connectivity index (χ1n) is 9.09. The minimum absolute atomic E-state index is 0.533. The van der Waals surface area contributed by atoms with Gasteiger partial charge in [0.2, 0.25) is 29.5 Å². The van der Waals surface area contributed by atoms with Crippen LogP contribution in [-0.4, -0.2) is 101 Å². The zero-order valence-electron chi connectivity index (χ0n) is 17.0. The Labute approximate surface area is 181 Å². The zero-order valence-corrected chi connectivity index (χ0v) is 17.0. The summed E-state index contributed by atoms with van der Waals surface area (Å²) in [5.41, 5.74) is 5.28. The van der Waals surface area contributed by atoms with Gasteiger partial charge in [-0.1, -0.05) is 0 Å². The fourth-order valence-corrected chi connectivity index (χ4v) is 1.89. The molecule has 0 rings (SSSR count). The van der Waals surface area contributed by atoms with E-state index in [1.54, 1.807) is 0 Å². The number of carbonyl (C=O) groups is 7.